The third-order valence-electron chi connectivity index (χ3n) is 2.73. The maximum Gasteiger partial charge on any atom is 0.327 e. The van der Waals surface area contributed by atoms with Crippen molar-refractivity contribution in [2.75, 3.05) is 13.7 Å². The van der Waals surface area contributed by atoms with E-state index in [1.54, 1.807) is 6.11 Å². The molecule has 4 nitrogen and oxygen atoms in total. The minimum atomic E-state index is -0.343. The number of esters is 1. The van der Waals surface area contributed by atoms with Crippen LogP contribution in [0.15, 0.2) is 65.7 Å². The molecule has 0 fully saturated rings. The monoisotopic (exact) mass is 329 g/mol. The smallest absolute Gasteiger partial charge is 0.327 e. The summed E-state index contributed by atoms with van der Waals surface area (Å²) in [6.07, 6.45) is 6.12. The van der Waals surface area contributed by atoms with Crippen LogP contribution in [-0.2, 0) is 13.8 Å². The van der Waals surface area contributed by atoms with E-state index >= 15 is 0 Å². The summed E-state index contributed by atoms with van der Waals surface area (Å²) < 4.78 is 8.17. The van der Waals surface area contributed by atoms with E-state index < -0.39 is 0 Å². The zero-order chi connectivity index (χ0) is 16.9. The van der Waals surface area contributed by atoms with Crippen molar-refractivity contribution in [2.24, 2.45) is 4.99 Å². The van der Waals surface area contributed by atoms with Crippen molar-refractivity contribution in [1.82, 2.24) is 0 Å². The van der Waals surface area contributed by atoms with E-state index in [1.807, 2.05) is 60.7 Å². The van der Waals surface area contributed by atoms with Gasteiger partial charge in [0.1, 0.15) is 24.5 Å². The van der Waals surface area contributed by atoms with Gasteiger partial charge in [0.05, 0.1) is 12.8 Å². The number of benzene rings is 2. The average molecular weight is 330 g/mol. The topological polar surface area (TPSA) is 47.9 Å². The van der Waals surface area contributed by atoms with Crippen LogP contribution in [0, 0.1) is 12.5 Å². The molecule has 23 heavy (non-hydrogen) atoms. The number of nitrogens with zero attached hydrogens (tertiary/aromatic N) is 1. The molecule has 0 aliphatic heterocycles. The summed E-state index contributed by atoms with van der Waals surface area (Å²) >= 11 is 4.45. The van der Waals surface area contributed by atoms with Gasteiger partial charge in [0.25, 0.3) is 0 Å². The first-order valence-electron chi connectivity index (χ1n) is 6.68. The average Bonchev–Trinajstić information content (AvgIpc) is 2.63. The maximum atomic E-state index is 11.2. The molecule has 0 unspecified atom stereocenters. The summed E-state index contributed by atoms with van der Waals surface area (Å²) in [7, 11) is 1.36. The van der Waals surface area contributed by atoms with E-state index in [2.05, 4.69) is 32.3 Å². The molecule has 0 radical (unpaired) electrons. The van der Waals surface area contributed by atoms with Crippen LogP contribution in [0.3, 0.4) is 0 Å². The molecule has 0 bridgehead atoms. The summed E-state index contributed by atoms with van der Waals surface area (Å²) in [5.74, 6) is -0.343. The lowest BCUT2D eigenvalue weighted by molar-refractivity contribution is -0.138. The fourth-order valence-corrected chi connectivity index (χ4v) is 1.75. The van der Waals surface area contributed by atoms with Gasteiger partial charge in [0.2, 0.25) is 0 Å². The Morgan fingerprint density at radius 1 is 1.09 bits per heavy atom. The van der Waals surface area contributed by atoms with Gasteiger partial charge < -0.3 is 9.03 Å². The molecule has 0 heterocycles. The second kappa shape index (κ2) is 10.9. The van der Waals surface area contributed by atoms with Crippen LogP contribution >= 0.6 is 11.9 Å². The zero-order valence-electron chi connectivity index (χ0n) is 12.6. The number of rotatable bonds is 4. The summed E-state index contributed by atoms with van der Waals surface area (Å²) in [5.41, 5.74) is 2.77. The van der Waals surface area contributed by atoms with Gasteiger partial charge in [-0.25, -0.2) is 0 Å². The maximum absolute atomic E-state index is 11.2. The molecule has 0 aliphatic carbocycles. The van der Waals surface area contributed by atoms with Crippen molar-refractivity contribution in [1.29, 1.82) is 0 Å². The largest absolute Gasteiger partial charge is 0.468 e. The number of hydrogen-bond donors (Lipinski definition) is 0. The van der Waals surface area contributed by atoms with Gasteiger partial charge in [-0.3, -0.25) is 9.79 Å². The van der Waals surface area contributed by atoms with Crippen molar-refractivity contribution in [3.8, 4) is 12.5 Å². The molecule has 2 aromatic rings. The lowest BCUT2D eigenvalue weighted by atomic mass is 10.0. The number of ether oxygens (including phenoxy) is 1. The molecule has 0 aliphatic rings. The second-order valence-electron chi connectivity index (χ2n) is 4.17. The van der Waals surface area contributed by atoms with Crippen LogP contribution in [0.25, 0.3) is 0 Å². The minimum absolute atomic E-state index is 0.0234. The number of halogens is 1. The quantitative estimate of drug-likeness (QED) is 0.490. The summed E-state index contributed by atoms with van der Waals surface area (Å²) in [5, 5.41) is 0. The third kappa shape index (κ3) is 6.68. The molecular weight excluding hydrogens is 314 g/mol. The number of aliphatic imine (C=N–C) groups is 1. The summed E-state index contributed by atoms with van der Waals surface area (Å²) in [6, 6.07) is 19.6. The van der Waals surface area contributed by atoms with Crippen molar-refractivity contribution in [2.45, 2.75) is 0 Å². The van der Waals surface area contributed by atoms with Crippen LogP contribution in [0.1, 0.15) is 11.1 Å². The molecule has 5 heteroatoms. The van der Waals surface area contributed by atoms with Gasteiger partial charge >= 0.3 is 5.97 Å². The van der Waals surface area contributed by atoms with E-state index in [1.165, 1.54) is 7.11 Å². The molecule has 0 spiro atoms. The number of carbonyl (C=O) groups is 1. The van der Waals surface area contributed by atoms with Gasteiger partial charge in [-0.2, -0.15) is 0 Å². The van der Waals surface area contributed by atoms with Crippen LogP contribution in [0.4, 0.5) is 0 Å². The van der Waals surface area contributed by atoms with Crippen molar-refractivity contribution in [3.05, 3.63) is 71.8 Å². The van der Waals surface area contributed by atoms with E-state index in [-0.39, 0.29) is 12.5 Å². The Morgan fingerprint density at radius 2 is 1.52 bits per heavy atom. The summed E-state index contributed by atoms with van der Waals surface area (Å²) in [4.78, 5) is 15.6. The normalized spacial score (nSPS) is 8.74. The van der Waals surface area contributed by atoms with Gasteiger partial charge in [0.15, 0.2) is 0 Å². The van der Waals surface area contributed by atoms with Gasteiger partial charge in [0, 0.05) is 11.1 Å². The van der Waals surface area contributed by atoms with Crippen LogP contribution in [0.5, 0.6) is 0 Å². The lowest BCUT2D eigenvalue weighted by Gasteiger charge is -2.07. The Balaban J connectivity index is 0.000000593. The third-order valence-corrected chi connectivity index (χ3v) is 2.82. The van der Waals surface area contributed by atoms with Gasteiger partial charge in [-0.05, 0) is 0 Å². The van der Waals surface area contributed by atoms with E-state index in [9.17, 15) is 4.79 Å². The summed E-state index contributed by atoms with van der Waals surface area (Å²) in [6.45, 7) is 0.0234. The molecule has 0 aromatic heterocycles. The SMILES string of the molecule is C#COCl.COC(=O)CN=C(c1ccccc1)c1ccccc1. The fraction of sp³-hybridized carbons (Fsp3) is 0.111. The number of methoxy groups -OCH3 is 1. The highest BCUT2D eigenvalue weighted by Crippen LogP contribution is 2.10. The predicted octanol–water partition coefficient (Wildman–Crippen LogP) is 3.44. The second-order valence-corrected chi connectivity index (χ2v) is 4.32. The number of carbonyl (C=O) groups excluding carboxylic acids is 1. The fourth-order valence-electron chi connectivity index (χ4n) is 1.75. The van der Waals surface area contributed by atoms with Gasteiger partial charge in [-0.1, -0.05) is 67.1 Å². The Labute approximate surface area is 140 Å². The number of terminal acetylenes is 1. The number of hydrogen-bond acceptors (Lipinski definition) is 4. The first-order chi connectivity index (χ1) is 11.2. The first kappa shape index (κ1) is 18.3. The van der Waals surface area contributed by atoms with Crippen LogP contribution in [-0.4, -0.2) is 25.3 Å². The highest BCUT2D eigenvalue weighted by Gasteiger charge is 2.07. The van der Waals surface area contributed by atoms with Crippen LogP contribution < -0.4 is 0 Å². The molecule has 2 aromatic carbocycles. The minimum Gasteiger partial charge on any atom is -0.468 e. The molecule has 0 atom stereocenters. The van der Waals surface area contributed by atoms with Crippen molar-refractivity contribution in [3.63, 3.8) is 0 Å². The predicted molar refractivity (Wildman–Crippen MR) is 91.2 cm³/mol. The standard InChI is InChI=1S/C16H15NO2.C2HClO/c1-19-15(18)12-17-16(13-8-4-2-5-9-13)14-10-6-3-7-11-14;1-2-4-3/h2-11H,12H2,1H3;1H. The highest BCUT2D eigenvalue weighted by atomic mass is 35.5. The van der Waals surface area contributed by atoms with Crippen molar-refractivity contribution >= 4 is 23.5 Å². The zero-order valence-corrected chi connectivity index (χ0v) is 13.4. The molecule has 2 rings (SSSR count). The Bertz CT molecular complexity index is 622. The van der Waals surface area contributed by atoms with Gasteiger partial charge in [-0.15, -0.1) is 0 Å². The lowest BCUT2D eigenvalue weighted by Crippen LogP contribution is -2.10. The Morgan fingerprint density at radius 3 is 1.87 bits per heavy atom. The first-order valence-corrected chi connectivity index (χ1v) is 6.99. The molecule has 0 N–H and O–H groups in total. The molecule has 0 amide bonds. The highest BCUT2D eigenvalue weighted by molar-refractivity contribution is 6.13. The Kier molecular flexibility index (Phi) is 8.65. The van der Waals surface area contributed by atoms with E-state index in [0.717, 1.165) is 16.8 Å². The van der Waals surface area contributed by atoms with Crippen LogP contribution in [0.2, 0.25) is 0 Å². The molecule has 118 valence electrons. The van der Waals surface area contributed by atoms with E-state index in [4.69, 9.17) is 0 Å². The van der Waals surface area contributed by atoms with E-state index in [0.29, 0.717) is 0 Å². The Hall–Kier alpha value is -2.77. The molecule has 0 saturated heterocycles. The molecule has 0 saturated carbocycles. The molecular formula is C18H16ClNO3. The van der Waals surface area contributed by atoms with Crippen molar-refractivity contribution < 1.29 is 13.8 Å².